The Kier molecular flexibility index (Phi) is 5.01. The topological polar surface area (TPSA) is 12.0 Å². The van der Waals surface area contributed by atoms with E-state index in [4.69, 9.17) is 11.6 Å². The molecule has 0 aliphatic heterocycles. The Balaban J connectivity index is 1.85. The number of rotatable bonds is 5. The predicted octanol–water partition coefficient (Wildman–Crippen LogP) is 6.62. The van der Waals surface area contributed by atoms with E-state index < -0.39 is 0 Å². The molecule has 0 spiro atoms. The van der Waals surface area contributed by atoms with Crippen LogP contribution >= 0.6 is 50.2 Å². The van der Waals surface area contributed by atoms with Crippen molar-refractivity contribution in [1.82, 2.24) is 0 Å². The van der Waals surface area contributed by atoms with Crippen molar-refractivity contribution >= 4 is 55.9 Å². The lowest BCUT2D eigenvalue weighted by Gasteiger charge is -2.19. The molecular formula is C16H13BrClNS2. The summed E-state index contributed by atoms with van der Waals surface area (Å²) in [7, 11) is 0. The number of benzene rings is 1. The summed E-state index contributed by atoms with van der Waals surface area (Å²) in [5.74, 6) is 0. The molecule has 0 bridgehead atoms. The number of thiophene rings is 2. The van der Waals surface area contributed by atoms with E-state index in [9.17, 15) is 0 Å². The lowest BCUT2D eigenvalue weighted by atomic mass is 10.1. The predicted molar refractivity (Wildman–Crippen MR) is 97.9 cm³/mol. The van der Waals surface area contributed by atoms with E-state index in [1.54, 1.807) is 22.7 Å². The van der Waals surface area contributed by atoms with Crippen LogP contribution in [0.1, 0.15) is 15.8 Å². The summed E-state index contributed by atoms with van der Waals surface area (Å²) >= 11 is 13.2. The van der Waals surface area contributed by atoms with Crippen LogP contribution in [-0.4, -0.2) is 0 Å². The van der Waals surface area contributed by atoms with Gasteiger partial charge in [0.2, 0.25) is 0 Å². The Morgan fingerprint density at radius 3 is 2.57 bits per heavy atom. The van der Waals surface area contributed by atoms with Crippen LogP contribution in [0.15, 0.2) is 57.7 Å². The molecule has 108 valence electrons. The van der Waals surface area contributed by atoms with Gasteiger partial charge < -0.3 is 5.32 Å². The van der Waals surface area contributed by atoms with Crippen LogP contribution in [0, 0.1) is 0 Å². The van der Waals surface area contributed by atoms with Gasteiger partial charge in [-0.25, -0.2) is 0 Å². The van der Waals surface area contributed by atoms with Crippen molar-refractivity contribution in [3.05, 3.63) is 72.5 Å². The van der Waals surface area contributed by atoms with Gasteiger partial charge in [0, 0.05) is 31.4 Å². The van der Waals surface area contributed by atoms with Gasteiger partial charge in [-0.3, -0.25) is 0 Å². The molecular weight excluding hydrogens is 386 g/mol. The Hall–Kier alpha value is -0.810. The summed E-state index contributed by atoms with van der Waals surface area (Å²) in [5.41, 5.74) is 1.06. The standard InChI is InChI=1S/C16H13BrClNS2/c17-13-9-11(18)5-6-14(13)19-15(16-4-2-8-21-16)10-12-3-1-7-20-12/h1-9,15,19H,10H2. The zero-order valence-corrected chi connectivity index (χ0v) is 15.0. The van der Waals surface area contributed by atoms with Gasteiger partial charge in [-0.05, 0) is 57.0 Å². The Morgan fingerprint density at radius 1 is 1.10 bits per heavy atom. The molecule has 5 heteroatoms. The van der Waals surface area contributed by atoms with E-state index in [-0.39, 0.29) is 6.04 Å². The number of halogens is 2. The highest BCUT2D eigenvalue weighted by atomic mass is 79.9. The second kappa shape index (κ2) is 6.97. The molecule has 21 heavy (non-hydrogen) atoms. The van der Waals surface area contributed by atoms with E-state index in [0.717, 1.165) is 21.6 Å². The fourth-order valence-corrected chi connectivity index (χ4v) is 4.46. The fraction of sp³-hybridized carbons (Fsp3) is 0.125. The molecule has 0 fully saturated rings. The molecule has 0 aliphatic rings. The molecule has 0 radical (unpaired) electrons. The average Bonchev–Trinajstić information content (AvgIpc) is 3.13. The molecule has 3 rings (SSSR count). The minimum atomic E-state index is 0.265. The Morgan fingerprint density at radius 2 is 1.90 bits per heavy atom. The first kappa shape index (κ1) is 15.1. The zero-order chi connectivity index (χ0) is 14.7. The minimum Gasteiger partial charge on any atom is -0.376 e. The molecule has 1 unspecified atom stereocenters. The minimum absolute atomic E-state index is 0.265. The molecule has 0 saturated carbocycles. The van der Waals surface area contributed by atoms with Crippen molar-refractivity contribution in [2.75, 3.05) is 5.32 Å². The summed E-state index contributed by atoms with van der Waals surface area (Å²) in [6.45, 7) is 0. The molecule has 0 amide bonds. The monoisotopic (exact) mass is 397 g/mol. The first-order chi connectivity index (χ1) is 10.2. The lowest BCUT2D eigenvalue weighted by molar-refractivity contribution is 0.801. The molecule has 0 aliphatic carbocycles. The maximum Gasteiger partial charge on any atom is 0.0655 e. The van der Waals surface area contributed by atoms with Crippen LogP contribution in [0.5, 0.6) is 0 Å². The third-order valence-electron chi connectivity index (χ3n) is 3.13. The number of hydrogen-bond donors (Lipinski definition) is 1. The van der Waals surface area contributed by atoms with Gasteiger partial charge in [0.1, 0.15) is 0 Å². The molecule has 2 heterocycles. The molecule has 1 atom stereocenters. The van der Waals surface area contributed by atoms with Gasteiger partial charge in [-0.1, -0.05) is 23.7 Å². The molecule has 0 saturated heterocycles. The van der Waals surface area contributed by atoms with Gasteiger partial charge in [-0.15, -0.1) is 22.7 Å². The third-order valence-corrected chi connectivity index (χ3v) is 5.91. The maximum atomic E-state index is 6.01. The molecule has 1 nitrogen and oxygen atoms in total. The van der Waals surface area contributed by atoms with Gasteiger partial charge in [-0.2, -0.15) is 0 Å². The lowest BCUT2D eigenvalue weighted by Crippen LogP contribution is -2.12. The van der Waals surface area contributed by atoms with Crippen LogP contribution in [0.2, 0.25) is 5.02 Å². The highest BCUT2D eigenvalue weighted by molar-refractivity contribution is 9.10. The van der Waals surface area contributed by atoms with Crippen molar-refractivity contribution in [3.8, 4) is 0 Å². The summed E-state index contributed by atoms with van der Waals surface area (Å²) in [6.07, 6.45) is 0.979. The highest BCUT2D eigenvalue weighted by Crippen LogP contribution is 2.32. The van der Waals surface area contributed by atoms with Crippen molar-refractivity contribution in [1.29, 1.82) is 0 Å². The summed E-state index contributed by atoms with van der Waals surface area (Å²) < 4.78 is 0.989. The second-order valence-electron chi connectivity index (χ2n) is 4.62. The quantitative estimate of drug-likeness (QED) is 0.509. The first-order valence-corrected chi connectivity index (χ1v) is 9.43. The van der Waals surface area contributed by atoms with E-state index in [1.807, 2.05) is 18.2 Å². The van der Waals surface area contributed by atoms with Crippen molar-refractivity contribution in [2.24, 2.45) is 0 Å². The maximum absolute atomic E-state index is 6.01. The highest BCUT2D eigenvalue weighted by Gasteiger charge is 2.15. The van der Waals surface area contributed by atoms with Crippen molar-refractivity contribution in [3.63, 3.8) is 0 Å². The van der Waals surface area contributed by atoms with E-state index in [1.165, 1.54) is 9.75 Å². The van der Waals surface area contributed by atoms with Crippen LogP contribution < -0.4 is 5.32 Å². The first-order valence-electron chi connectivity index (χ1n) is 6.50. The fourth-order valence-electron chi connectivity index (χ4n) is 2.14. The number of hydrogen-bond acceptors (Lipinski definition) is 3. The van der Waals surface area contributed by atoms with E-state index in [0.29, 0.717) is 0 Å². The SMILES string of the molecule is Clc1ccc(NC(Cc2cccs2)c2cccs2)c(Br)c1. The van der Waals surface area contributed by atoms with Gasteiger partial charge in [0.25, 0.3) is 0 Å². The van der Waals surface area contributed by atoms with Crippen LogP contribution in [0.3, 0.4) is 0 Å². The Bertz CT molecular complexity index is 695. The Labute approximate surface area is 145 Å². The normalized spacial score (nSPS) is 12.3. The van der Waals surface area contributed by atoms with Crippen molar-refractivity contribution in [2.45, 2.75) is 12.5 Å². The summed E-state index contributed by atoms with van der Waals surface area (Å²) in [4.78, 5) is 2.72. The molecule has 3 aromatic rings. The van der Waals surface area contributed by atoms with E-state index in [2.05, 4.69) is 56.3 Å². The average molecular weight is 399 g/mol. The van der Waals surface area contributed by atoms with Crippen LogP contribution in [-0.2, 0) is 6.42 Å². The van der Waals surface area contributed by atoms with Crippen LogP contribution in [0.4, 0.5) is 5.69 Å². The number of nitrogens with one attached hydrogen (secondary N) is 1. The summed E-state index contributed by atoms with van der Waals surface area (Å²) in [5, 5.41) is 8.61. The smallest absolute Gasteiger partial charge is 0.0655 e. The van der Waals surface area contributed by atoms with Gasteiger partial charge >= 0.3 is 0 Å². The zero-order valence-electron chi connectivity index (χ0n) is 11.1. The molecule has 1 aromatic carbocycles. The summed E-state index contributed by atoms with van der Waals surface area (Å²) in [6, 6.07) is 14.7. The largest absolute Gasteiger partial charge is 0.376 e. The van der Waals surface area contributed by atoms with E-state index >= 15 is 0 Å². The number of anilines is 1. The van der Waals surface area contributed by atoms with Crippen LogP contribution in [0.25, 0.3) is 0 Å². The second-order valence-corrected chi connectivity index (χ2v) is 7.92. The van der Waals surface area contributed by atoms with Crippen molar-refractivity contribution < 1.29 is 0 Å². The third kappa shape index (κ3) is 3.89. The molecule has 1 N–H and O–H groups in total. The van der Waals surface area contributed by atoms with Gasteiger partial charge in [0.15, 0.2) is 0 Å². The van der Waals surface area contributed by atoms with Gasteiger partial charge in [0.05, 0.1) is 6.04 Å². The molecule has 2 aromatic heterocycles.